The standard InChI is InChI=1S/C12H9F2NO3/c1-2-18-12(17)7-3-8(5-15)10(6-16)9(4-7)11(13)14/h3-4,6,11H,2H2,1H3. The molecule has 0 aliphatic carbocycles. The average molecular weight is 253 g/mol. The predicted molar refractivity (Wildman–Crippen MR) is 57.5 cm³/mol. The van der Waals surface area contributed by atoms with Crippen LogP contribution in [0.15, 0.2) is 12.1 Å². The van der Waals surface area contributed by atoms with Crippen molar-refractivity contribution in [2.45, 2.75) is 13.3 Å². The lowest BCUT2D eigenvalue weighted by atomic mass is 9.99. The van der Waals surface area contributed by atoms with E-state index in [1.807, 2.05) is 0 Å². The van der Waals surface area contributed by atoms with Crippen LogP contribution in [0.25, 0.3) is 0 Å². The largest absolute Gasteiger partial charge is 0.462 e. The fourth-order valence-electron chi connectivity index (χ4n) is 1.41. The van der Waals surface area contributed by atoms with Crippen LogP contribution in [0.3, 0.4) is 0 Å². The van der Waals surface area contributed by atoms with Gasteiger partial charge in [0.15, 0.2) is 6.29 Å². The average Bonchev–Trinajstić information content (AvgIpc) is 2.37. The summed E-state index contributed by atoms with van der Waals surface area (Å²) >= 11 is 0. The molecule has 0 spiro atoms. The lowest BCUT2D eigenvalue weighted by molar-refractivity contribution is 0.0525. The smallest absolute Gasteiger partial charge is 0.338 e. The number of ether oxygens (including phenoxy) is 1. The van der Waals surface area contributed by atoms with Gasteiger partial charge in [-0.25, -0.2) is 13.6 Å². The third-order valence-electron chi connectivity index (χ3n) is 2.20. The SMILES string of the molecule is CCOC(=O)c1cc(C#N)c(C=O)c(C(F)F)c1. The van der Waals surface area contributed by atoms with Gasteiger partial charge in [0.1, 0.15) is 0 Å². The van der Waals surface area contributed by atoms with E-state index in [1.165, 1.54) is 0 Å². The number of hydrogen-bond donors (Lipinski definition) is 0. The number of halogens is 2. The van der Waals surface area contributed by atoms with Gasteiger partial charge in [-0.2, -0.15) is 5.26 Å². The van der Waals surface area contributed by atoms with Gasteiger partial charge < -0.3 is 4.74 Å². The van der Waals surface area contributed by atoms with Crippen LogP contribution in [0.1, 0.15) is 45.2 Å². The molecule has 0 aromatic heterocycles. The number of nitriles is 1. The molecule has 4 nitrogen and oxygen atoms in total. The Labute approximate surface area is 102 Å². The third-order valence-corrected chi connectivity index (χ3v) is 2.20. The number of nitrogens with zero attached hydrogens (tertiary/aromatic N) is 1. The second kappa shape index (κ2) is 5.87. The number of esters is 1. The van der Waals surface area contributed by atoms with Gasteiger partial charge >= 0.3 is 5.97 Å². The summed E-state index contributed by atoms with van der Waals surface area (Å²) in [5.74, 6) is -0.812. The van der Waals surface area contributed by atoms with Crippen LogP contribution < -0.4 is 0 Å². The second-order valence-corrected chi connectivity index (χ2v) is 3.28. The van der Waals surface area contributed by atoms with Crippen LogP contribution in [0.2, 0.25) is 0 Å². The van der Waals surface area contributed by atoms with Crippen LogP contribution in [-0.4, -0.2) is 18.9 Å². The molecule has 0 fully saturated rings. The number of aldehydes is 1. The Kier molecular flexibility index (Phi) is 4.49. The molecule has 0 atom stereocenters. The summed E-state index contributed by atoms with van der Waals surface area (Å²) in [7, 11) is 0. The molecule has 0 radical (unpaired) electrons. The summed E-state index contributed by atoms with van der Waals surface area (Å²) in [6, 6.07) is 3.54. The van der Waals surface area contributed by atoms with Crippen LogP contribution in [0.4, 0.5) is 8.78 Å². The quantitative estimate of drug-likeness (QED) is 0.610. The minimum atomic E-state index is -2.95. The minimum Gasteiger partial charge on any atom is -0.462 e. The maximum Gasteiger partial charge on any atom is 0.338 e. The monoisotopic (exact) mass is 253 g/mol. The summed E-state index contributed by atoms with van der Waals surface area (Å²) in [6.45, 7) is 1.65. The minimum absolute atomic E-state index is 0.0835. The van der Waals surface area contributed by atoms with E-state index in [1.54, 1.807) is 13.0 Å². The number of alkyl halides is 2. The summed E-state index contributed by atoms with van der Waals surface area (Å²) in [4.78, 5) is 22.1. The van der Waals surface area contributed by atoms with Gasteiger partial charge in [-0.3, -0.25) is 4.79 Å². The number of carbonyl (C=O) groups excluding carboxylic acids is 2. The molecule has 0 amide bonds. The van der Waals surface area contributed by atoms with E-state index in [4.69, 9.17) is 5.26 Å². The molecule has 6 heteroatoms. The van der Waals surface area contributed by atoms with E-state index in [0.29, 0.717) is 0 Å². The van der Waals surface area contributed by atoms with Crippen LogP contribution in [-0.2, 0) is 4.74 Å². The lowest BCUT2D eigenvalue weighted by Crippen LogP contribution is -2.08. The van der Waals surface area contributed by atoms with Crippen molar-refractivity contribution in [3.8, 4) is 6.07 Å². The topological polar surface area (TPSA) is 67.2 Å². The van der Waals surface area contributed by atoms with E-state index < -0.39 is 23.5 Å². The summed E-state index contributed by atoms with van der Waals surface area (Å²) < 4.78 is 30.1. The first-order chi connectivity index (χ1) is 8.54. The molecule has 18 heavy (non-hydrogen) atoms. The van der Waals surface area contributed by atoms with E-state index in [2.05, 4.69) is 4.74 Å². The van der Waals surface area contributed by atoms with E-state index in [0.717, 1.165) is 12.1 Å². The Hall–Kier alpha value is -2.29. The van der Waals surface area contributed by atoms with Crippen LogP contribution in [0, 0.1) is 11.3 Å². The third kappa shape index (κ3) is 2.69. The molecule has 0 saturated heterocycles. The predicted octanol–water partition coefficient (Wildman–Crippen LogP) is 2.49. The normalized spacial score (nSPS) is 9.94. The van der Waals surface area contributed by atoms with Crippen molar-refractivity contribution in [3.63, 3.8) is 0 Å². The molecular weight excluding hydrogens is 244 g/mol. The molecule has 94 valence electrons. The van der Waals surface area contributed by atoms with E-state index >= 15 is 0 Å². The Morgan fingerprint density at radius 2 is 2.22 bits per heavy atom. The van der Waals surface area contributed by atoms with Crippen molar-refractivity contribution < 1.29 is 23.1 Å². The van der Waals surface area contributed by atoms with Crippen molar-refractivity contribution in [2.24, 2.45) is 0 Å². The molecule has 0 aliphatic heterocycles. The molecular formula is C12H9F2NO3. The highest BCUT2D eigenvalue weighted by atomic mass is 19.3. The number of rotatable bonds is 4. The number of hydrogen-bond acceptors (Lipinski definition) is 4. The van der Waals surface area contributed by atoms with Crippen molar-refractivity contribution in [1.29, 1.82) is 5.26 Å². The first-order valence-corrected chi connectivity index (χ1v) is 5.03. The van der Waals surface area contributed by atoms with Crippen LogP contribution >= 0.6 is 0 Å². The van der Waals surface area contributed by atoms with Crippen molar-refractivity contribution in [2.75, 3.05) is 6.61 Å². The number of benzene rings is 1. The summed E-state index contributed by atoms with van der Waals surface area (Å²) in [6.07, 6.45) is -2.78. The Morgan fingerprint density at radius 3 is 2.67 bits per heavy atom. The summed E-state index contributed by atoms with van der Waals surface area (Å²) in [5, 5.41) is 8.79. The molecule has 1 rings (SSSR count). The molecule has 0 N–H and O–H groups in total. The van der Waals surface area contributed by atoms with Gasteiger partial charge in [0.05, 0.1) is 23.8 Å². The van der Waals surface area contributed by atoms with Crippen molar-refractivity contribution >= 4 is 12.3 Å². The molecule has 0 saturated carbocycles. The highest BCUT2D eigenvalue weighted by molar-refractivity contribution is 5.92. The molecule has 0 aliphatic rings. The first-order valence-electron chi connectivity index (χ1n) is 5.03. The first kappa shape index (κ1) is 13.8. The van der Waals surface area contributed by atoms with Crippen LogP contribution in [0.5, 0.6) is 0 Å². The van der Waals surface area contributed by atoms with Gasteiger partial charge in [0.2, 0.25) is 0 Å². The molecule has 0 unspecified atom stereocenters. The van der Waals surface area contributed by atoms with Gasteiger partial charge in [0.25, 0.3) is 6.43 Å². The number of carbonyl (C=O) groups is 2. The maximum atomic E-state index is 12.7. The lowest BCUT2D eigenvalue weighted by Gasteiger charge is -2.08. The molecule has 0 heterocycles. The fourth-order valence-corrected chi connectivity index (χ4v) is 1.41. The fraction of sp³-hybridized carbons (Fsp3) is 0.250. The second-order valence-electron chi connectivity index (χ2n) is 3.28. The van der Waals surface area contributed by atoms with E-state index in [9.17, 15) is 18.4 Å². The Morgan fingerprint density at radius 1 is 1.56 bits per heavy atom. The van der Waals surface area contributed by atoms with Crippen molar-refractivity contribution in [1.82, 2.24) is 0 Å². The zero-order valence-corrected chi connectivity index (χ0v) is 9.44. The highest BCUT2D eigenvalue weighted by Crippen LogP contribution is 2.26. The molecule has 0 bridgehead atoms. The molecule has 1 aromatic rings. The van der Waals surface area contributed by atoms with Gasteiger partial charge in [-0.1, -0.05) is 0 Å². The highest BCUT2D eigenvalue weighted by Gasteiger charge is 2.20. The zero-order valence-electron chi connectivity index (χ0n) is 9.44. The van der Waals surface area contributed by atoms with Gasteiger partial charge in [0, 0.05) is 11.1 Å². The molecule has 1 aromatic carbocycles. The zero-order chi connectivity index (χ0) is 13.7. The van der Waals surface area contributed by atoms with Gasteiger partial charge in [-0.05, 0) is 19.1 Å². The van der Waals surface area contributed by atoms with Gasteiger partial charge in [-0.15, -0.1) is 0 Å². The van der Waals surface area contributed by atoms with E-state index in [-0.39, 0.29) is 24.0 Å². The van der Waals surface area contributed by atoms with Crippen molar-refractivity contribution in [3.05, 3.63) is 34.4 Å². The Bertz CT molecular complexity index is 521. The Balaban J connectivity index is 3.42. The summed E-state index contributed by atoms with van der Waals surface area (Å²) in [5.41, 5.74) is -1.49. The maximum absolute atomic E-state index is 12.7.